The number of nitro groups is 1. The number of aromatic nitrogens is 1. The molecule has 0 bridgehead atoms. The largest absolute Gasteiger partial charge is 0.490 e. The number of ether oxygens (including phenoxy) is 1. The number of methoxy groups -OCH3 is 1. The molecular weight excluding hydrogens is 278 g/mol. The third-order valence-electron chi connectivity index (χ3n) is 3.47. The summed E-state index contributed by atoms with van der Waals surface area (Å²) in [5.41, 5.74) is 4.57. The van der Waals surface area contributed by atoms with Crippen molar-refractivity contribution in [2.45, 2.75) is 6.42 Å². The van der Waals surface area contributed by atoms with Crippen molar-refractivity contribution in [1.29, 1.82) is 0 Å². The fraction of sp³-hybridized carbons (Fsp3) is 0.308. The number of benzene rings is 1. The number of hydrogen-bond acceptors (Lipinski definition) is 6. The minimum atomic E-state index is -0.412. The Morgan fingerprint density at radius 1 is 1.50 bits per heavy atom. The van der Waals surface area contributed by atoms with Crippen LogP contribution in [0.1, 0.15) is 5.69 Å². The summed E-state index contributed by atoms with van der Waals surface area (Å²) in [7, 11) is 3.42. The molecule has 0 fully saturated rings. The first-order chi connectivity index (χ1) is 9.61. The van der Waals surface area contributed by atoms with Gasteiger partial charge in [-0.2, -0.15) is 0 Å². The van der Waals surface area contributed by atoms with Crippen LogP contribution >= 0.6 is 11.3 Å². The second-order valence-electron chi connectivity index (χ2n) is 4.60. The zero-order valence-electron chi connectivity index (χ0n) is 11.1. The van der Waals surface area contributed by atoms with Gasteiger partial charge in [-0.25, -0.2) is 4.98 Å². The molecule has 1 aliphatic heterocycles. The fourth-order valence-corrected chi connectivity index (χ4v) is 3.29. The average Bonchev–Trinajstić information content (AvgIpc) is 2.86. The monoisotopic (exact) mass is 291 g/mol. The van der Waals surface area contributed by atoms with Gasteiger partial charge < -0.3 is 9.64 Å². The van der Waals surface area contributed by atoms with E-state index >= 15 is 0 Å². The van der Waals surface area contributed by atoms with Gasteiger partial charge in [0.05, 0.1) is 28.1 Å². The van der Waals surface area contributed by atoms with E-state index in [2.05, 4.69) is 9.88 Å². The van der Waals surface area contributed by atoms with Gasteiger partial charge >= 0.3 is 5.69 Å². The number of nitrogens with zero attached hydrogens (tertiary/aromatic N) is 3. The lowest BCUT2D eigenvalue weighted by molar-refractivity contribution is -0.385. The first kappa shape index (κ1) is 12.9. The molecule has 20 heavy (non-hydrogen) atoms. The SMILES string of the molecule is COc1cc2c(cc1[N+](=O)[O-])-c1scnc1CCN2C. The molecule has 2 heterocycles. The minimum absolute atomic E-state index is 0.0131. The fourth-order valence-electron chi connectivity index (χ4n) is 2.42. The molecule has 2 aromatic rings. The molecule has 0 saturated carbocycles. The van der Waals surface area contributed by atoms with Crippen LogP contribution in [-0.2, 0) is 6.42 Å². The highest BCUT2D eigenvalue weighted by Gasteiger charge is 2.26. The highest BCUT2D eigenvalue weighted by atomic mass is 32.1. The summed E-state index contributed by atoms with van der Waals surface area (Å²) in [6, 6.07) is 3.33. The number of likely N-dealkylation sites (N-methyl/N-ethyl adjacent to an activating group) is 1. The van der Waals surface area contributed by atoms with E-state index in [1.807, 2.05) is 7.05 Å². The van der Waals surface area contributed by atoms with Gasteiger partial charge in [0.25, 0.3) is 0 Å². The summed E-state index contributed by atoms with van der Waals surface area (Å²) in [6.45, 7) is 0.824. The molecule has 3 rings (SSSR count). The lowest BCUT2D eigenvalue weighted by Crippen LogP contribution is -2.19. The maximum atomic E-state index is 11.2. The third kappa shape index (κ3) is 1.90. The van der Waals surface area contributed by atoms with Crippen LogP contribution in [0.15, 0.2) is 17.6 Å². The standard InChI is InChI=1S/C13H13N3O3S/c1-15-4-3-9-13(20-7-14-9)8-5-11(16(17)18)12(19-2)6-10(8)15/h5-7H,3-4H2,1-2H3. The van der Waals surface area contributed by atoms with E-state index in [4.69, 9.17) is 4.74 Å². The molecule has 0 aliphatic carbocycles. The summed E-state index contributed by atoms with van der Waals surface area (Å²) in [6.07, 6.45) is 0.833. The Labute approximate surface area is 119 Å². The first-order valence-electron chi connectivity index (χ1n) is 6.12. The van der Waals surface area contributed by atoms with Gasteiger partial charge in [0, 0.05) is 43.4 Å². The van der Waals surface area contributed by atoms with Gasteiger partial charge in [-0.3, -0.25) is 10.1 Å². The summed E-state index contributed by atoms with van der Waals surface area (Å²) < 4.78 is 5.15. The van der Waals surface area contributed by atoms with Gasteiger partial charge in [0.2, 0.25) is 0 Å². The van der Waals surface area contributed by atoms with Gasteiger partial charge in [-0.15, -0.1) is 11.3 Å². The molecule has 1 aliphatic rings. The van der Waals surface area contributed by atoms with Crippen LogP contribution < -0.4 is 9.64 Å². The Bertz CT molecular complexity index is 683. The second kappa shape index (κ2) is 4.75. The van der Waals surface area contributed by atoms with Gasteiger partial charge in [0.15, 0.2) is 5.75 Å². The van der Waals surface area contributed by atoms with Crippen molar-refractivity contribution in [3.63, 3.8) is 0 Å². The molecule has 7 heteroatoms. The third-order valence-corrected chi connectivity index (χ3v) is 4.38. The smallest absolute Gasteiger partial charge is 0.311 e. The normalized spacial score (nSPS) is 13.4. The Morgan fingerprint density at radius 3 is 3.00 bits per heavy atom. The molecule has 0 radical (unpaired) electrons. The number of fused-ring (bicyclic) bond motifs is 3. The highest BCUT2D eigenvalue weighted by molar-refractivity contribution is 7.13. The highest BCUT2D eigenvalue weighted by Crippen LogP contribution is 2.43. The van der Waals surface area contributed by atoms with Crippen molar-refractivity contribution in [2.75, 3.05) is 25.6 Å². The molecule has 0 N–H and O–H groups in total. The molecule has 0 amide bonds. The second-order valence-corrected chi connectivity index (χ2v) is 5.45. The van der Waals surface area contributed by atoms with Crippen molar-refractivity contribution < 1.29 is 9.66 Å². The molecule has 0 spiro atoms. The van der Waals surface area contributed by atoms with E-state index in [-0.39, 0.29) is 11.4 Å². The van der Waals surface area contributed by atoms with Gasteiger partial charge in [-0.1, -0.05) is 0 Å². The van der Waals surface area contributed by atoms with Crippen LogP contribution in [0, 0.1) is 10.1 Å². The van der Waals surface area contributed by atoms with E-state index in [0.29, 0.717) is 0 Å². The molecule has 104 valence electrons. The van der Waals surface area contributed by atoms with E-state index in [9.17, 15) is 10.1 Å². The summed E-state index contributed by atoms with van der Waals surface area (Å²) in [5, 5.41) is 11.2. The molecule has 0 saturated heterocycles. The van der Waals surface area contributed by atoms with Crippen LogP contribution in [0.25, 0.3) is 10.4 Å². The molecular formula is C13H13N3O3S. The topological polar surface area (TPSA) is 68.5 Å². The Kier molecular flexibility index (Phi) is 3.06. The van der Waals surface area contributed by atoms with Crippen molar-refractivity contribution in [3.05, 3.63) is 33.5 Å². The average molecular weight is 291 g/mol. The van der Waals surface area contributed by atoms with Crippen molar-refractivity contribution in [3.8, 4) is 16.2 Å². The number of hydrogen-bond donors (Lipinski definition) is 0. The van der Waals surface area contributed by atoms with Gasteiger partial charge in [0.1, 0.15) is 0 Å². The van der Waals surface area contributed by atoms with E-state index in [0.717, 1.165) is 34.8 Å². The first-order valence-corrected chi connectivity index (χ1v) is 7.00. The Morgan fingerprint density at radius 2 is 2.30 bits per heavy atom. The molecule has 1 aromatic carbocycles. The Hall–Kier alpha value is -2.15. The Balaban J connectivity index is 2.29. The minimum Gasteiger partial charge on any atom is -0.490 e. The van der Waals surface area contributed by atoms with Crippen LogP contribution in [0.2, 0.25) is 0 Å². The summed E-state index contributed by atoms with van der Waals surface area (Å²) in [5.74, 6) is 0.286. The maximum absolute atomic E-state index is 11.2. The summed E-state index contributed by atoms with van der Waals surface area (Å²) >= 11 is 1.52. The zero-order valence-corrected chi connectivity index (χ0v) is 11.9. The van der Waals surface area contributed by atoms with Crippen LogP contribution in [0.5, 0.6) is 5.75 Å². The van der Waals surface area contributed by atoms with E-state index in [1.54, 1.807) is 17.6 Å². The van der Waals surface area contributed by atoms with Gasteiger partial charge in [-0.05, 0) is 0 Å². The van der Waals surface area contributed by atoms with E-state index in [1.165, 1.54) is 18.4 Å². The van der Waals surface area contributed by atoms with Crippen molar-refractivity contribution in [1.82, 2.24) is 4.98 Å². The van der Waals surface area contributed by atoms with Crippen LogP contribution in [0.3, 0.4) is 0 Å². The van der Waals surface area contributed by atoms with Crippen molar-refractivity contribution in [2.24, 2.45) is 0 Å². The zero-order chi connectivity index (χ0) is 14.3. The van der Waals surface area contributed by atoms with Crippen molar-refractivity contribution >= 4 is 22.7 Å². The number of anilines is 1. The lowest BCUT2D eigenvalue weighted by Gasteiger charge is -2.19. The summed E-state index contributed by atoms with van der Waals surface area (Å²) in [4.78, 5) is 18.2. The molecule has 6 nitrogen and oxygen atoms in total. The van der Waals surface area contributed by atoms with E-state index < -0.39 is 4.92 Å². The number of nitro benzene ring substituents is 1. The van der Waals surface area contributed by atoms with Crippen LogP contribution in [0.4, 0.5) is 11.4 Å². The predicted octanol–water partition coefficient (Wildman–Crippen LogP) is 2.72. The molecule has 0 unspecified atom stereocenters. The quantitative estimate of drug-likeness (QED) is 0.628. The predicted molar refractivity (Wildman–Crippen MR) is 77.7 cm³/mol. The maximum Gasteiger partial charge on any atom is 0.311 e. The molecule has 0 atom stereocenters. The number of rotatable bonds is 2. The van der Waals surface area contributed by atoms with Crippen LogP contribution in [-0.4, -0.2) is 30.6 Å². The number of thiazole rings is 1. The molecule has 1 aromatic heterocycles. The lowest BCUT2D eigenvalue weighted by atomic mass is 10.1.